The standard InChI is InChI=1S/C24H27N3O2/c1-27(2)13-3-12-25-23-20-14-18(16-6-9-19(28)10-7-16)8-11-22(20)26-15-21(23)24(29)17-4-5-17/h6-11,14-15,17,28H,3-5,12-13H2,1-2H3,(H,25,26). The summed E-state index contributed by atoms with van der Waals surface area (Å²) in [5.41, 5.74) is 4.52. The van der Waals surface area contributed by atoms with Gasteiger partial charge in [-0.3, -0.25) is 9.78 Å². The third-order valence-corrected chi connectivity index (χ3v) is 5.37. The molecule has 150 valence electrons. The maximum atomic E-state index is 12.9. The van der Waals surface area contributed by atoms with Crippen molar-refractivity contribution in [1.82, 2.24) is 9.88 Å². The van der Waals surface area contributed by atoms with Gasteiger partial charge in [0.25, 0.3) is 0 Å². The van der Waals surface area contributed by atoms with Gasteiger partial charge in [0, 0.05) is 24.0 Å². The Morgan fingerprint density at radius 2 is 1.86 bits per heavy atom. The molecule has 0 aliphatic heterocycles. The third-order valence-electron chi connectivity index (χ3n) is 5.37. The Morgan fingerprint density at radius 1 is 1.14 bits per heavy atom. The van der Waals surface area contributed by atoms with Gasteiger partial charge in [0.15, 0.2) is 5.78 Å². The highest BCUT2D eigenvalue weighted by molar-refractivity contribution is 6.10. The van der Waals surface area contributed by atoms with Crippen LogP contribution >= 0.6 is 0 Å². The number of hydrogen-bond acceptors (Lipinski definition) is 5. The minimum atomic E-state index is 0.150. The number of hydrogen-bond donors (Lipinski definition) is 2. The summed E-state index contributed by atoms with van der Waals surface area (Å²) in [7, 11) is 4.13. The lowest BCUT2D eigenvalue weighted by Crippen LogP contribution is -2.17. The molecule has 1 aromatic heterocycles. The van der Waals surface area contributed by atoms with Crippen LogP contribution in [0.1, 0.15) is 29.6 Å². The summed E-state index contributed by atoms with van der Waals surface area (Å²) in [4.78, 5) is 19.6. The quantitative estimate of drug-likeness (QED) is 0.437. The summed E-state index contributed by atoms with van der Waals surface area (Å²) in [6.07, 6.45) is 4.68. The molecule has 4 rings (SSSR count). The molecule has 1 saturated carbocycles. The number of aromatic hydroxyl groups is 1. The summed E-state index contributed by atoms with van der Waals surface area (Å²) in [6, 6.07) is 13.3. The molecule has 0 amide bonds. The number of benzene rings is 2. The largest absolute Gasteiger partial charge is 0.508 e. The number of nitrogens with zero attached hydrogens (tertiary/aromatic N) is 2. The fourth-order valence-electron chi connectivity index (χ4n) is 3.58. The first kappa shape index (κ1) is 19.4. The van der Waals surface area contributed by atoms with Gasteiger partial charge >= 0.3 is 0 Å². The number of fused-ring (bicyclic) bond motifs is 1. The van der Waals surface area contributed by atoms with Crippen LogP contribution < -0.4 is 5.32 Å². The number of nitrogens with one attached hydrogen (secondary N) is 1. The zero-order valence-corrected chi connectivity index (χ0v) is 17.0. The third kappa shape index (κ3) is 4.40. The summed E-state index contributed by atoms with van der Waals surface area (Å²) >= 11 is 0. The molecule has 1 aliphatic carbocycles. The SMILES string of the molecule is CN(C)CCCNc1c(C(=O)C2CC2)cnc2ccc(-c3ccc(O)cc3)cc12. The molecule has 0 spiro atoms. The zero-order chi connectivity index (χ0) is 20.4. The molecule has 1 aliphatic rings. The number of anilines is 1. The van der Waals surface area contributed by atoms with E-state index in [4.69, 9.17) is 0 Å². The molecular weight excluding hydrogens is 362 g/mol. The van der Waals surface area contributed by atoms with E-state index < -0.39 is 0 Å². The molecule has 29 heavy (non-hydrogen) atoms. The highest BCUT2D eigenvalue weighted by atomic mass is 16.3. The van der Waals surface area contributed by atoms with E-state index in [1.807, 2.05) is 24.3 Å². The van der Waals surface area contributed by atoms with Gasteiger partial charge in [-0.15, -0.1) is 0 Å². The highest BCUT2D eigenvalue weighted by Gasteiger charge is 2.32. The van der Waals surface area contributed by atoms with Crippen molar-refractivity contribution in [2.45, 2.75) is 19.3 Å². The van der Waals surface area contributed by atoms with Crippen LogP contribution in [0.3, 0.4) is 0 Å². The van der Waals surface area contributed by atoms with Crippen LogP contribution in [0.2, 0.25) is 0 Å². The van der Waals surface area contributed by atoms with Crippen LogP contribution in [0.4, 0.5) is 5.69 Å². The topological polar surface area (TPSA) is 65.5 Å². The second-order valence-electron chi connectivity index (χ2n) is 8.05. The van der Waals surface area contributed by atoms with E-state index in [0.29, 0.717) is 5.56 Å². The van der Waals surface area contributed by atoms with E-state index in [9.17, 15) is 9.90 Å². The molecule has 5 nitrogen and oxygen atoms in total. The van der Waals surface area contributed by atoms with Crippen LogP contribution in [-0.2, 0) is 0 Å². The Bertz CT molecular complexity index is 1020. The van der Waals surface area contributed by atoms with Crippen molar-refractivity contribution in [3.63, 3.8) is 0 Å². The van der Waals surface area contributed by atoms with Crippen LogP contribution in [0.25, 0.3) is 22.0 Å². The summed E-state index contributed by atoms with van der Waals surface area (Å²) in [5, 5.41) is 14.1. The first-order valence-electron chi connectivity index (χ1n) is 10.2. The average Bonchev–Trinajstić information content (AvgIpc) is 3.56. The summed E-state index contributed by atoms with van der Waals surface area (Å²) in [5.74, 6) is 0.596. The lowest BCUT2D eigenvalue weighted by atomic mass is 9.99. The highest BCUT2D eigenvalue weighted by Crippen LogP contribution is 2.37. The van der Waals surface area contributed by atoms with E-state index in [-0.39, 0.29) is 17.5 Å². The number of pyridine rings is 1. The molecule has 0 saturated heterocycles. The van der Waals surface area contributed by atoms with Gasteiger partial charge in [0.1, 0.15) is 5.75 Å². The van der Waals surface area contributed by atoms with Crippen molar-refractivity contribution in [2.24, 2.45) is 5.92 Å². The first-order valence-corrected chi connectivity index (χ1v) is 10.2. The van der Waals surface area contributed by atoms with Crippen molar-refractivity contribution in [1.29, 1.82) is 0 Å². The molecule has 2 aromatic carbocycles. The van der Waals surface area contributed by atoms with E-state index in [1.165, 1.54) is 0 Å². The number of ketones is 1. The van der Waals surface area contributed by atoms with Gasteiger partial charge in [-0.05, 0) is 75.3 Å². The Morgan fingerprint density at radius 3 is 2.55 bits per heavy atom. The molecule has 2 N–H and O–H groups in total. The van der Waals surface area contributed by atoms with Crippen molar-refractivity contribution in [3.8, 4) is 16.9 Å². The molecular formula is C24H27N3O2. The minimum Gasteiger partial charge on any atom is -0.508 e. The Hall–Kier alpha value is -2.92. The van der Waals surface area contributed by atoms with Gasteiger partial charge in [-0.25, -0.2) is 0 Å². The lowest BCUT2D eigenvalue weighted by molar-refractivity contribution is 0.0968. The number of carbonyl (C=O) groups excluding carboxylic acids is 1. The number of carbonyl (C=O) groups is 1. The molecule has 5 heteroatoms. The van der Waals surface area contributed by atoms with E-state index in [1.54, 1.807) is 18.3 Å². The van der Waals surface area contributed by atoms with Crippen molar-refractivity contribution in [2.75, 3.05) is 32.5 Å². The number of phenols is 1. The summed E-state index contributed by atoms with van der Waals surface area (Å²) in [6.45, 7) is 1.78. The number of Topliss-reactive ketones (excluding diaryl/α,β-unsaturated/α-hetero) is 1. The fourth-order valence-corrected chi connectivity index (χ4v) is 3.58. The zero-order valence-electron chi connectivity index (χ0n) is 17.0. The first-order chi connectivity index (χ1) is 14.0. The fraction of sp³-hybridized carbons (Fsp3) is 0.333. The van der Waals surface area contributed by atoms with Gasteiger partial charge in [0.05, 0.1) is 16.8 Å². The molecule has 0 unspecified atom stereocenters. The van der Waals surface area contributed by atoms with Crippen LogP contribution in [-0.4, -0.2) is 48.0 Å². The number of aromatic nitrogens is 1. The maximum absolute atomic E-state index is 12.9. The molecule has 0 radical (unpaired) electrons. The average molecular weight is 389 g/mol. The second kappa shape index (κ2) is 8.21. The van der Waals surface area contributed by atoms with Crippen LogP contribution in [0, 0.1) is 5.92 Å². The maximum Gasteiger partial charge on any atom is 0.169 e. The van der Waals surface area contributed by atoms with Crippen molar-refractivity contribution in [3.05, 3.63) is 54.2 Å². The Labute approximate surface area is 171 Å². The van der Waals surface area contributed by atoms with Gasteiger partial charge in [-0.1, -0.05) is 18.2 Å². The monoisotopic (exact) mass is 389 g/mol. The number of phenolic OH excluding ortho intramolecular Hbond substituents is 1. The molecule has 1 heterocycles. The van der Waals surface area contributed by atoms with Crippen molar-refractivity contribution >= 4 is 22.4 Å². The van der Waals surface area contributed by atoms with Crippen LogP contribution in [0.15, 0.2) is 48.7 Å². The smallest absolute Gasteiger partial charge is 0.169 e. The Kier molecular flexibility index (Phi) is 5.49. The predicted molar refractivity (Wildman–Crippen MR) is 118 cm³/mol. The summed E-state index contributed by atoms with van der Waals surface area (Å²) < 4.78 is 0. The number of rotatable bonds is 8. The van der Waals surface area contributed by atoms with Gasteiger partial charge < -0.3 is 15.3 Å². The second-order valence-corrected chi connectivity index (χ2v) is 8.05. The van der Waals surface area contributed by atoms with E-state index in [2.05, 4.69) is 35.4 Å². The lowest BCUT2D eigenvalue weighted by Gasteiger charge is -2.16. The van der Waals surface area contributed by atoms with Crippen molar-refractivity contribution < 1.29 is 9.90 Å². The predicted octanol–water partition coefficient (Wildman–Crippen LogP) is 4.56. The minimum absolute atomic E-state index is 0.150. The van der Waals surface area contributed by atoms with E-state index >= 15 is 0 Å². The molecule has 1 fully saturated rings. The molecule has 0 bridgehead atoms. The molecule has 3 aromatic rings. The Balaban J connectivity index is 1.74. The normalized spacial score (nSPS) is 13.8. The van der Waals surface area contributed by atoms with Crippen LogP contribution in [0.5, 0.6) is 5.75 Å². The van der Waals surface area contributed by atoms with Gasteiger partial charge in [0.2, 0.25) is 0 Å². The molecule has 0 atom stereocenters. The van der Waals surface area contributed by atoms with Gasteiger partial charge in [-0.2, -0.15) is 0 Å². The van der Waals surface area contributed by atoms with E-state index in [0.717, 1.165) is 60.1 Å².